The molecule has 1 aliphatic heterocycles. The quantitative estimate of drug-likeness (QED) is 0.858. The minimum Gasteiger partial charge on any atom is -0.364 e. The topological polar surface area (TPSA) is 80.3 Å². The second-order valence-corrected chi connectivity index (χ2v) is 6.52. The van der Waals surface area contributed by atoms with Crippen molar-refractivity contribution in [2.24, 2.45) is 5.73 Å². The lowest BCUT2D eigenvalue weighted by Gasteiger charge is -2.34. The summed E-state index contributed by atoms with van der Waals surface area (Å²) in [4.78, 5) is 24.5. The SMILES string of the molecule is CCCn1ccnc1CN1CCN(c2nc(C(N)=O)cs2)CC1. The Labute approximate surface area is 139 Å². The van der Waals surface area contributed by atoms with Crippen LogP contribution in [0.15, 0.2) is 17.8 Å². The summed E-state index contributed by atoms with van der Waals surface area (Å²) in [5.41, 5.74) is 5.62. The van der Waals surface area contributed by atoms with E-state index in [0.717, 1.165) is 56.6 Å². The van der Waals surface area contributed by atoms with E-state index in [1.165, 1.54) is 11.3 Å². The fraction of sp³-hybridized carbons (Fsp3) is 0.533. The van der Waals surface area contributed by atoms with Gasteiger partial charge in [0.15, 0.2) is 5.13 Å². The lowest BCUT2D eigenvalue weighted by atomic mass is 10.3. The largest absolute Gasteiger partial charge is 0.364 e. The molecular formula is C15H22N6OS. The number of thiazole rings is 1. The molecule has 23 heavy (non-hydrogen) atoms. The van der Waals surface area contributed by atoms with Gasteiger partial charge in [0.25, 0.3) is 5.91 Å². The molecule has 7 nitrogen and oxygen atoms in total. The van der Waals surface area contributed by atoms with Gasteiger partial charge in [0.1, 0.15) is 11.5 Å². The summed E-state index contributed by atoms with van der Waals surface area (Å²) in [7, 11) is 0. The molecule has 0 saturated carbocycles. The van der Waals surface area contributed by atoms with E-state index in [1.54, 1.807) is 5.38 Å². The molecule has 0 aliphatic carbocycles. The monoisotopic (exact) mass is 334 g/mol. The molecule has 1 saturated heterocycles. The molecule has 0 unspecified atom stereocenters. The number of nitrogens with zero attached hydrogens (tertiary/aromatic N) is 5. The first-order chi connectivity index (χ1) is 11.2. The maximum Gasteiger partial charge on any atom is 0.268 e. The van der Waals surface area contributed by atoms with Gasteiger partial charge in [-0.3, -0.25) is 9.69 Å². The molecule has 8 heteroatoms. The number of imidazole rings is 1. The zero-order valence-corrected chi connectivity index (χ0v) is 14.1. The number of aromatic nitrogens is 3. The number of anilines is 1. The van der Waals surface area contributed by atoms with Gasteiger partial charge < -0.3 is 15.2 Å². The van der Waals surface area contributed by atoms with Crippen LogP contribution in [0.2, 0.25) is 0 Å². The number of rotatable bonds is 6. The molecule has 3 rings (SSSR count). The lowest BCUT2D eigenvalue weighted by Crippen LogP contribution is -2.46. The third kappa shape index (κ3) is 3.70. The molecule has 2 N–H and O–H groups in total. The van der Waals surface area contributed by atoms with E-state index < -0.39 is 5.91 Å². The summed E-state index contributed by atoms with van der Waals surface area (Å²) in [5.74, 6) is 0.666. The van der Waals surface area contributed by atoms with Crippen LogP contribution in [0.4, 0.5) is 5.13 Å². The van der Waals surface area contributed by atoms with Gasteiger partial charge in [-0.1, -0.05) is 6.92 Å². The summed E-state index contributed by atoms with van der Waals surface area (Å²) in [5, 5.41) is 2.61. The first-order valence-electron chi connectivity index (χ1n) is 7.90. The maximum atomic E-state index is 11.1. The third-order valence-electron chi connectivity index (χ3n) is 4.02. The van der Waals surface area contributed by atoms with Crippen LogP contribution >= 0.6 is 11.3 Å². The summed E-state index contributed by atoms with van der Waals surface area (Å²) in [6.45, 7) is 7.81. The molecule has 0 atom stereocenters. The van der Waals surface area contributed by atoms with Gasteiger partial charge >= 0.3 is 0 Å². The molecule has 1 amide bonds. The predicted molar refractivity (Wildman–Crippen MR) is 90.6 cm³/mol. The van der Waals surface area contributed by atoms with E-state index >= 15 is 0 Å². The molecule has 2 aromatic heterocycles. The van der Waals surface area contributed by atoms with Crippen molar-refractivity contribution in [3.63, 3.8) is 0 Å². The van der Waals surface area contributed by atoms with Crippen LogP contribution in [0.25, 0.3) is 0 Å². The van der Waals surface area contributed by atoms with Gasteiger partial charge in [-0.15, -0.1) is 11.3 Å². The normalized spacial score (nSPS) is 16.0. The van der Waals surface area contributed by atoms with Gasteiger partial charge in [-0.05, 0) is 6.42 Å². The number of hydrogen-bond acceptors (Lipinski definition) is 6. The van der Waals surface area contributed by atoms with Crippen LogP contribution in [-0.4, -0.2) is 51.5 Å². The zero-order chi connectivity index (χ0) is 16.2. The van der Waals surface area contributed by atoms with E-state index in [2.05, 4.69) is 37.5 Å². The Morgan fingerprint density at radius 1 is 1.35 bits per heavy atom. The highest BCUT2D eigenvalue weighted by Crippen LogP contribution is 2.22. The summed E-state index contributed by atoms with van der Waals surface area (Å²) in [6, 6.07) is 0. The molecule has 0 bridgehead atoms. The summed E-state index contributed by atoms with van der Waals surface area (Å²) >= 11 is 1.48. The number of nitrogens with two attached hydrogens (primary N) is 1. The minimum absolute atomic E-state index is 0.356. The van der Waals surface area contributed by atoms with E-state index in [4.69, 9.17) is 5.73 Å². The van der Waals surface area contributed by atoms with Gasteiger partial charge in [0, 0.05) is 50.5 Å². The number of piperazine rings is 1. The molecule has 3 heterocycles. The van der Waals surface area contributed by atoms with Crippen LogP contribution in [0.5, 0.6) is 0 Å². The molecule has 0 spiro atoms. The first kappa shape index (κ1) is 15.9. The van der Waals surface area contributed by atoms with E-state index in [-0.39, 0.29) is 0 Å². The van der Waals surface area contributed by atoms with Crippen molar-refractivity contribution in [3.05, 3.63) is 29.3 Å². The van der Waals surface area contributed by atoms with Gasteiger partial charge in [0.2, 0.25) is 0 Å². The molecule has 2 aromatic rings. The minimum atomic E-state index is -0.464. The highest BCUT2D eigenvalue weighted by molar-refractivity contribution is 7.13. The number of amides is 1. The van der Waals surface area contributed by atoms with Crippen LogP contribution in [0.3, 0.4) is 0 Å². The summed E-state index contributed by atoms with van der Waals surface area (Å²) in [6.07, 6.45) is 5.04. The second kappa shape index (κ2) is 7.10. The molecule has 0 aromatic carbocycles. The molecular weight excluding hydrogens is 312 g/mol. The Morgan fingerprint density at radius 2 is 2.13 bits per heavy atom. The average Bonchev–Trinajstić information content (AvgIpc) is 3.19. The van der Waals surface area contributed by atoms with Gasteiger partial charge in [0.05, 0.1) is 6.54 Å². The van der Waals surface area contributed by atoms with Crippen molar-refractivity contribution < 1.29 is 4.79 Å². The van der Waals surface area contributed by atoms with Crippen molar-refractivity contribution in [2.75, 3.05) is 31.1 Å². The number of primary amides is 1. The van der Waals surface area contributed by atoms with Gasteiger partial charge in [-0.2, -0.15) is 0 Å². The smallest absolute Gasteiger partial charge is 0.268 e. The average molecular weight is 334 g/mol. The van der Waals surface area contributed by atoms with Crippen LogP contribution in [0, 0.1) is 0 Å². The molecule has 0 radical (unpaired) electrons. The lowest BCUT2D eigenvalue weighted by molar-refractivity contribution is 0.0996. The molecule has 1 fully saturated rings. The highest BCUT2D eigenvalue weighted by atomic mass is 32.1. The number of carbonyl (C=O) groups excluding carboxylic acids is 1. The Morgan fingerprint density at radius 3 is 2.78 bits per heavy atom. The number of aryl methyl sites for hydroxylation is 1. The van der Waals surface area contributed by atoms with Crippen LogP contribution < -0.4 is 10.6 Å². The van der Waals surface area contributed by atoms with Crippen molar-refractivity contribution in [3.8, 4) is 0 Å². The fourth-order valence-corrected chi connectivity index (χ4v) is 3.62. The Bertz CT molecular complexity index is 658. The van der Waals surface area contributed by atoms with Crippen molar-refractivity contribution in [2.45, 2.75) is 26.4 Å². The van der Waals surface area contributed by atoms with E-state index in [1.807, 2.05) is 6.20 Å². The van der Waals surface area contributed by atoms with E-state index in [9.17, 15) is 4.79 Å². The maximum absolute atomic E-state index is 11.1. The zero-order valence-electron chi connectivity index (χ0n) is 13.3. The standard InChI is InChI=1S/C15H22N6OS/c1-2-4-20-5-3-17-13(20)10-19-6-8-21(9-7-19)15-18-12(11-23-15)14(16)22/h3,5,11H,2,4,6-10H2,1H3,(H2,16,22). The van der Waals surface area contributed by atoms with Crippen molar-refractivity contribution >= 4 is 22.4 Å². The second-order valence-electron chi connectivity index (χ2n) is 5.68. The Balaban J connectivity index is 1.55. The molecule has 1 aliphatic rings. The third-order valence-corrected chi connectivity index (χ3v) is 4.92. The molecule has 124 valence electrons. The number of hydrogen-bond donors (Lipinski definition) is 1. The first-order valence-corrected chi connectivity index (χ1v) is 8.78. The Hall–Kier alpha value is -1.93. The van der Waals surface area contributed by atoms with Crippen molar-refractivity contribution in [1.82, 2.24) is 19.4 Å². The highest BCUT2D eigenvalue weighted by Gasteiger charge is 2.21. The van der Waals surface area contributed by atoms with Crippen LogP contribution in [-0.2, 0) is 13.1 Å². The van der Waals surface area contributed by atoms with Crippen LogP contribution in [0.1, 0.15) is 29.7 Å². The Kier molecular flexibility index (Phi) is 4.92. The fourth-order valence-electron chi connectivity index (χ4n) is 2.76. The van der Waals surface area contributed by atoms with Crippen molar-refractivity contribution in [1.29, 1.82) is 0 Å². The number of carbonyl (C=O) groups is 1. The predicted octanol–water partition coefficient (Wildman–Crippen LogP) is 1.17. The summed E-state index contributed by atoms with van der Waals surface area (Å²) < 4.78 is 2.23. The van der Waals surface area contributed by atoms with Gasteiger partial charge in [-0.25, -0.2) is 9.97 Å². The van der Waals surface area contributed by atoms with E-state index in [0.29, 0.717) is 5.69 Å².